The summed E-state index contributed by atoms with van der Waals surface area (Å²) in [5.41, 5.74) is 3.24. The average molecular weight is 256 g/mol. The summed E-state index contributed by atoms with van der Waals surface area (Å²) in [6.45, 7) is 9.04. The normalized spacial score (nSPS) is 13.8. The minimum absolute atomic E-state index is 0.273. The number of rotatable bonds is 11. The quantitative estimate of drug-likeness (QED) is 0.317. The Morgan fingerprint density at radius 3 is 1.67 bits per heavy atom. The SMILES string of the molecule is CCCCCCCCCCCC(NN)C(C)(C)C. The molecule has 3 N–H and O–H groups in total. The van der Waals surface area contributed by atoms with E-state index in [1.54, 1.807) is 0 Å². The first-order valence-electron chi connectivity index (χ1n) is 7.98. The molecule has 0 saturated heterocycles. The van der Waals surface area contributed by atoms with Crippen molar-refractivity contribution in [2.45, 2.75) is 97.9 Å². The predicted octanol–water partition coefficient (Wildman–Crippen LogP) is 4.79. The average Bonchev–Trinajstić information content (AvgIpc) is 2.30. The molecule has 0 heterocycles. The van der Waals surface area contributed by atoms with Gasteiger partial charge in [0.15, 0.2) is 0 Å². The van der Waals surface area contributed by atoms with Crippen LogP contribution in [0.15, 0.2) is 0 Å². The summed E-state index contributed by atoms with van der Waals surface area (Å²) in [5, 5.41) is 0. The fourth-order valence-electron chi connectivity index (χ4n) is 2.43. The van der Waals surface area contributed by atoms with Gasteiger partial charge in [-0.3, -0.25) is 11.3 Å². The molecule has 2 nitrogen and oxygen atoms in total. The van der Waals surface area contributed by atoms with Gasteiger partial charge in [-0.15, -0.1) is 0 Å². The van der Waals surface area contributed by atoms with E-state index in [1.807, 2.05) is 0 Å². The third-order valence-electron chi connectivity index (χ3n) is 3.84. The van der Waals surface area contributed by atoms with Crippen LogP contribution in [0.1, 0.15) is 91.9 Å². The Hall–Kier alpha value is -0.0800. The summed E-state index contributed by atoms with van der Waals surface area (Å²) in [4.78, 5) is 0. The van der Waals surface area contributed by atoms with E-state index in [2.05, 4.69) is 33.1 Å². The standard InChI is InChI=1S/C16H36N2/c1-5-6-7-8-9-10-11-12-13-14-15(18-17)16(2,3)4/h15,18H,5-14,17H2,1-4H3. The zero-order valence-electron chi connectivity index (χ0n) is 13.2. The van der Waals surface area contributed by atoms with E-state index in [1.165, 1.54) is 64.2 Å². The van der Waals surface area contributed by atoms with Crippen LogP contribution in [0.5, 0.6) is 0 Å². The van der Waals surface area contributed by atoms with Crippen LogP contribution in [0.25, 0.3) is 0 Å². The molecule has 0 aromatic rings. The summed E-state index contributed by atoms with van der Waals surface area (Å²) < 4.78 is 0. The maximum Gasteiger partial charge on any atom is 0.0259 e. The molecule has 0 aliphatic rings. The Labute approximate surface area is 115 Å². The van der Waals surface area contributed by atoms with Crippen LogP contribution < -0.4 is 11.3 Å². The number of hydrazine groups is 1. The Morgan fingerprint density at radius 1 is 0.833 bits per heavy atom. The first kappa shape index (κ1) is 17.9. The van der Waals surface area contributed by atoms with Gasteiger partial charge in [0, 0.05) is 6.04 Å². The van der Waals surface area contributed by atoms with Gasteiger partial charge in [0.1, 0.15) is 0 Å². The molecule has 1 atom stereocenters. The van der Waals surface area contributed by atoms with Gasteiger partial charge in [0.05, 0.1) is 0 Å². The maximum atomic E-state index is 5.62. The number of nitrogens with two attached hydrogens (primary N) is 1. The molecule has 1 unspecified atom stereocenters. The van der Waals surface area contributed by atoms with Gasteiger partial charge in [0.25, 0.3) is 0 Å². The lowest BCUT2D eigenvalue weighted by Gasteiger charge is -2.30. The maximum absolute atomic E-state index is 5.62. The van der Waals surface area contributed by atoms with Crippen molar-refractivity contribution >= 4 is 0 Å². The minimum Gasteiger partial charge on any atom is -0.271 e. The molecule has 0 bridgehead atoms. The van der Waals surface area contributed by atoms with Crippen molar-refractivity contribution in [2.75, 3.05) is 0 Å². The van der Waals surface area contributed by atoms with Crippen molar-refractivity contribution in [2.24, 2.45) is 11.3 Å². The van der Waals surface area contributed by atoms with Crippen LogP contribution in [0.4, 0.5) is 0 Å². The highest BCUT2D eigenvalue weighted by molar-refractivity contribution is 4.78. The molecule has 0 amide bonds. The zero-order chi connectivity index (χ0) is 13.9. The molecule has 0 spiro atoms. The van der Waals surface area contributed by atoms with Crippen molar-refractivity contribution in [1.82, 2.24) is 5.43 Å². The summed E-state index contributed by atoms with van der Waals surface area (Å²) in [6.07, 6.45) is 13.7. The van der Waals surface area contributed by atoms with Crippen LogP contribution in [-0.4, -0.2) is 6.04 Å². The molecule has 0 fully saturated rings. The lowest BCUT2D eigenvalue weighted by Crippen LogP contribution is -2.44. The van der Waals surface area contributed by atoms with E-state index in [0.717, 1.165) is 0 Å². The highest BCUT2D eigenvalue weighted by atomic mass is 15.2. The number of nitrogens with one attached hydrogen (secondary N) is 1. The second-order valence-electron chi connectivity index (χ2n) is 6.70. The van der Waals surface area contributed by atoms with Gasteiger partial charge in [-0.25, -0.2) is 0 Å². The van der Waals surface area contributed by atoms with Crippen molar-refractivity contribution in [1.29, 1.82) is 0 Å². The monoisotopic (exact) mass is 256 g/mol. The largest absolute Gasteiger partial charge is 0.271 e. The van der Waals surface area contributed by atoms with Crippen molar-refractivity contribution in [3.63, 3.8) is 0 Å². The van der Waals surface area contributed by atoms with Crippen LogP contribution >= 0.6 is 0 Å². The molecule has 0 saturated carbocycles. The third-order valence-corrected chi connectivity index (χ3v) is 3.84. The van der Waals surface area contributed by atoms with E-state index in [-0.39, 0.29) is 5.41 Å². The summed E-state index contributed by atoms with van der Waals surface area (Å²) >= 11 is 0. The number of hydrogen-bond acceptors (Lipinski definition) is 2. The van der Waals surface area contributed by atoms with Crippen molar-refractivity contribution < 1.29 is 0 Å². The molecular formula is C16H36N2. The van der Waals surface area contributed by atoms with Gasteiger partial charge in [-0.2, -0.15) is 0 Å². The van der Waals surface area contributed by atoms with Gasteiger partial charge in [-0.05, 0) is 11.8 Å². The Kier molecular flexibility index (Phi) is 10.8. The second-order valence-corrected chi connectivity index (χ2v) is 6.70. The molecule has 0 aromatic heterocycles. The first-order chi connectivity index (χ1) is 8.52. The number of hydrogen-bond donors (Lipinski definition) is 2. The fraction of sp³-hybridized carbons (Fsp3) is 1.00. The summed E-state index contributed by atoms with van der Waals surface area (Å²) in [5.74, 6) is 5.62. The second kappa shape index (κ2) is 10.8. The van der Waals surface area contributed by atoms with E-state index >= 15 is 0 Å². The van der Waals surface area contributed by atoms with Crippen LogP contribution in [-0.2, 0) is 0 Å². The molecular weight excluding hydrogens is 220 g/mol. The van der Waals surface area contributed by atoms with E-state index in [4.69, 9.17) is 5.84 Å². The molecule has 0 aromatic carbocycles. The van der Waals surface area contributed by atoms with Gasteiger partial charge in [0.2, 0.25) is 0 Å². The molecule has 0 rings (SSSR count). The fourth-order valence-corrected chi connectivity index (χ4v) is 2.43. The smallest absolute Gasteiger partial charge is 0.0259 e. The Balaban J connectivity index is 3.34. The first-order valence-corrected chi connectivity index (χ1v) is 7.98. The molecule has 2 heteroatoms. The third kappa shape index (κ3) is 9.90. The van der Waals surface area contributed by atoms with Crippen LogP contribution in [0, 0.1) is 5.41 Å². The highest BCUT2D eigenvalue weighted by Crippen LogP contribution is 2.23. The Morgan fingerprint density at radius 2 is 1.28 bits per heavy atom. The topological polar surface area (TPSA) is 38.0 Å². The lowest BCUT2D eigenvalue weighted by atomic mass is 9.84. The molecule has 18 heavy (non-hydrogen) atoms. The summed E-state index contributed by atoms with van der Waals surface area (Å²) in [6, 6.07) is 0.446. The van der Waals surface area contributed by atoms with E-state index < -0.39 is 0 Å². The zero-order valence-corrected chi connectivity index (χ0v) is 13.2. The molecule has 0 aliphatic heterocycles. The van der Waals surface area contributed by atoms with Crippen LogP contribution in [0.3, 0.4) is 0 Å². The predicted molar refractivity (Wildman–Crippen MR) is 82.4 cm³/mol. The van der Waals surface area contributed by atoms with Crippen LogP contribution in [0.2, 0.25) is 0 Å². The van der Waals surface area contributed by atoms with Gasteiger partial charge >= 0.3 is 0 Å². The molecule has 0 aliphatic carbocycles. The van der Waals surface area contributed by atoms with Crippen molar-refractivity contribution in [3.8, 4) is 0 Å². The lowest BCUT2D eigenvalue weighted by molar-refractivity contribution is 0.251. The van der Waals surface area contributed by atoms with Gasteiger partial charge in [-0.1, -0.05) is 85.5 Å². The number of unbranched alkanes of at least 4 members (excludes halogenated alkanes) is 8. The highest BCUT2D eigenvalue weighted by Gasteiger charge is 2.22. The van der Waals surface area contributed by atoms with Gasteiger partial charge < -0.3 is 0 Å². The molecule has 110 valence electrons. The van der Waals surface area contributed by atoms with E-state index in [0.29, 0.717) is 6.04 Å². The molecule has 0 radical (unpaired) electrons. The van der Waals surface area contributed by atoms with E-state index in [9.17, 15) is 0 Å². The van der Waals surface area contributed by atoms with Crippen molar-refractivity contribution in [3.05, 3.63) is 0 Å². The summed E-state index contributed by atoms with van der Waals surface area (Å²) in [7, 11) is 0. The Bertz CT molecular complexity index is 172. The minimum atomic E-state index is 0.273.